The van der Waals surface area contributed by atoms with Crippen molar-refractivity contribution < 1.29 is 9.59 Å². The van der Waals surface area contributed by atoms with Crippen LogP contribution in [0.3, 0.4) is 0 Å². The minimum Gasteiger partial charge on any atom is -0.322 e. The van der Waals surface area contributed by atoms with Crippen LogP contribution in [-0.2, 0) is 0 Å². The number of rotatable bonds is 4. The van der Waals surface area contributed by atoms with Crippen molar-refractivity contribution in [3.05, 3.63) is 88.2 Å². The molecule has 1 aromatic heterocycles. The molecular formula is C21H18ClN3O2. The van der Waals surface area contributed by atoms with Gasteiger partial charge in [-0.25, -0.2) is 0 Å². The number of hydrogen-bond acceptors (Lipinski definition) is 3. The van der Waals surface area contributed by atoms with Gasteiger partial charge in [0.15, 0.2) is 0 Å². The summed E-state index contributed by atoms with van der Waals surface area (Å²) in [4.78, 5) is 29.0. The van der Waals surface area contributed by atoms with Gasteiger partial charge >= 0.3 is 0 Å². The molecule has 1 heterocycles. The fourth-order valence-corrected chi connectivity index (χ4v) is 2.71. The first-order chi connectivity index (χ1) is 12.9. The second-order valence-electron chi connectivity index (χ2n) is 6.20. The number of benzene rings is 2. The van der Waals surface area contributed by atoms with Crippen molar-refractivity contribution in [2.75, 3.05) is 10.6 Å². The highest BCUT2D eigenvalue weighted by Crippen LogP contribution is 2.21. The highest BCUT2D eigenvalue weighted by Gasteiger charge is 2.13. The Hall–Kier alpha value is -3.18. The van der Waals surface area contributed by atoms with Gasteiger partial charge < -0.3 is 10.6 Å². The minimum atomic E-state index is -0.363. The van der Waals surface area contributed by atoms with Crippen molar-refractivity contribution in [1.29, 1.82) is 0 Å². The number of nitrogens with one attached hydrogen (secondary N) is 2. The molecule has 2 amide bonds. The van der Waals surface area contributed by atoms with E-state index < -0.39 is 0 Å². The van der Waals surface area contributed by atoms with Crippen LogP contribution in [0.15, 0.2) is 60.9 Å². The molecule has 3 rings (SSSR count). The number of anilines is 2. The van der Waals surface area contributed by atoms with E-state index in [1.54, 1.807) is 18.2 Å². The first kappa shape index (κ1) is 18.6. The molecular weight excluding hydrogens is 362 g/mol. The first-order valence-corrected chi connectivity index (χ1v) is 8.71. The smallest absolute Gasteiger partial charge is 0.257 e. The fraction of sp³-hybridized carbons (Fsp3) is 0.0952. The Labute approximate surface area is 162 Å². The summed E-state index contributed by atoms with van der Waals surface area (Å²) in [6.45, 7) is 3.82. The maximum Gasteiger partial charge on any atom is 0.257 e. The Morgan fingerprint density at radius 3 is 2.30 bits per heavy atom. The zero-order valence-electron chi connectivity index (χ0n) is 14.9. The standard InChI is InChI=1S/C21H18ClN3O2/c1-13-4-3-5-18(8-13)24-20(26)15-9-16(12-23-11-15)21(27)25-19-10-17(22)7-6-14(19)2/h3-12H,1-2H3,(H,24,26)(H,25,27). The average molecular weight is 380 g/mol. The summed E-state index contributed by atoms with van der Waals surface area (Å²) in [5.41, 5.74) is 3.80. The maximum absolute atomic E-state index is 12.5. The number of carbonyl (C=O) groups excluding carboxylic acids is 2. The van der Waals surface area contributed by atoms with E-state index in [1.165, 1.54) is 18.5 Å². The van der Waals surface area contributed by atoms with Gasteiger partial charge in [-0.3, -0.25) is 14.6 Å². The van der Waals surface area contributed by atoms with Crippen molar-refractivity contribution in [3.63, 3.8) is 0 Å². The lowest BCUT2D eigenvalue weighted by atomic mass is 10.1. The van der Waals surface area contributed by atoms with Gasteiger partial charge in [0.05, 0.1) is 11.1 Å². The number of pyridine rings is 1. The molecule has 0 saturated carbocycles. The molecule has 27 heavy (non-hydrogen) atoms. The second-order valence-corrected chi connectivity index (χ2v) is 6.64. The van der Waals surface area contributed by atoms with Crippen molar-refractivity contribution in [1.82, 2.24) is 4.98 Å². The van der Waals surface area contributed by atoms with Crippen LogP contribution in [-0.4, -0.2) is 16.8 Å². The molecule has 0 aliphatic rings. The van der Waals surface area contributed by atoms with Gasteiger partial charge in [0.1, 0.15) is 0 Å². The van der Waals surface area contributed by atoms with Gasteiger partial charge in [0, 0.05) is 28.8 Å². The minimum absolute atomic E-state index is 0.284. The summed E-state index contributed by atoms with van der Waals surface area (Å²) >= 11 is 5.98. The number of nitrogens with zero attached hydrogens (tertiary/aromatic N) is 1. The Kier molecular flexibility index (Phi) is 5.52. The molecule has 0 aliphatic carbocycles. The zero-order chi connectivity index (χ0) is 19.4. The maximum atomic E-state index is 12.5. The van der Waals surface area contributed by atoms with Gasteiger partial charge in [0.2, 0.25) is 0 Å². The summed E-state index contributed by atoms with van der Waals surface area (Å²) in [5.74, 6) is -0.695. The van der Waals surface area contributed by atoms with Crippen LogP contribution in [0.1, 0.15) is 31.8 Å². The Morgan fingerprint density at radius 2 is 1.59 bits per heavy atom. The SMILES string of the molecule is Cc1cccc(NC(=O)c2cncc(C(=O)Nc3cc(Cl)ccc3C)c2)c1. The third-order valence-electron chi connectivity index (χ3n) is 3.99. The van der Waals surface area contributed by atoms with E-state index in [9.17, 15) is 9.59 Å². The summed E-state index contributed by atoms with van der Waals surface area (Å²) in [6.07, 6.45) is 2.84. The highest BCUT2D eigenvalue weighted by molar-refractivity contribution is 6.31. The lowest BCUT2D eigenvalue weighted by Crippen LogP contribution is -2.16. The highest BCUT2D eigenvalue weighted by atomic mass is 35.5. The first-order valence-electron chi connectivity index (χ1n) is 8.33. The Morgan fingerprint density at radius 1 is 0.889 bits per heavy atom. The lowest BCUT2D eigenvalue weighted by Gasteiger charge is -2.10. The number of amides is 2. The van der Waals surface area contributed by atoms with E-state index in [-0.39, 0.29) is 17.4 Å². The molecule has 0 fully saturated rings. The molecule has 0 bridgehead atoms. The predicted molar refractivity (Wildman–Crippen MR) is 108 cm³/mol. The number of hydrogen-bond donors (Lipinski definition) is 2. The second kappa shape index (κ2) is 8.01. The monoisotopic (exact) mass is 379 g/mol. The van der Waals surface area contributed by atoms with Crippen LogP contribution in [0.5, 0.6) is 0 Å². The van der Waals surface area contributed by atoms with Crippen LogP contribution >= 0.6 is 11.6 Å². The molecule has 0 atom stereocenters. The quantitative estimate of drug-likeness (QED) is 0.680. The third-order valence-corrected chi connectivity index (χ3v) is 4.22. The van der Waals surface area contributed by atoms with Gasteiger partial charge in [-0.1, -0.05) is 29.8 Å². The number of carbonyl (C=O) groups is 2. The van der Waals surface area contributed by atoms with Crippen LogP contribution in [0.2, 0.25) is 5.02 Å². The zero-order valence-corrected chi connectivity index (χ0v) is 15.7. The van der Waals surface area contributed by atoms with Crippen LogP contribution in [0.25, 0.3) is 0 Å². The molecule has 5 nitrogen and oxygen atoms in total. The molecule has 6 heteroatoms. The van der Waals surface area contributed by atoms with E-state index in [0.29, 0.717) is 22.0 Å². The number of aromatic nitrogens is 1. The fourth-order valence-electron chi connectivity index (χ4n) is 2.54. The van der Waals surface area contributed by atoms with Crippen molar-refractivity contribution in [2.45, 2.75) is 13.8 Å². The predicted octanol–water partition coefficient (Wildman–Crippen LogP) is 4.86. The average Bonchev–Trinajstić information content (AvgIpc) is 2.65. The summed E-state index contributed by atoms with van der Waals surface area (Å²) in [5, 5.41) is 6.13. The van der Waals surface area contributed by atoms with E-state index in [0.717, 1.165) is 11.1 Å². The van der Waals surface area contributed by atoms with E-state index >= 15 is 0 Å². The van der Waals surface area contributed by atoms with Crippen molar-refractivity contribution >= 4 is 34.8 Å². The molecule has 0 unspecified atom stereocenters. The lowest BCUT2D eigenvalue weighted by molar-refractivity contribution is 0.102. The topological polar surface area (TPSA) is 71.1 Å². The van der Waals surface area contributed by atoms with Crippen LogP contribution < -0.4 is 10.6 Å². The molecule has 136 valence electrons. The number of halogens is 1. The van der Waals surface area contributed by atoms with Crippen LogP contribution in [0.4, 0.5) is 11.4 Å². The normalized spacial score (nSPS) is 10.3. The molecule has 2 N–H and O–H groups in total. The molecule has 0 spiro atoms. The Bertz CT molecular complexity index is 1020. The van der Waals surface area contributed by atoms with Gasteiger partial charge in [-0.15, -0.1) is 0 Å². The molecule has 2 aromatic carbocycles. The van der Waals surface area contributed by atoms with Crippen molar-refractivity contribution in [2.24, 2.45) is 0 Å². The molecule has 0 aliphatic heterocycles. The van der Waals surface area contributed by atoms with Gasteiger partial charge in [0.25, 0.3) is 11.8 Å². The van der Waals surface area contributed by atoms with Crippen LogP contribution in [0, 0.1) is 13.8 Å². The molecule has 0 radical (unpaired) electrons. The van der Waals surface area contributed by atoms with Gasteiger partial charge in [-0.2, -0.15) is 0 Å². The molecule has 0 saturated heterocycles. The van der Waals surface area contributed by atoms with E-state index in [1.807, 2.05) is 38.1 Å². The number of aryl methyl sites for hydroxylation is 2. The Balaban J connectivity index is 1.77. The van der Waals surface area contributed by atoms with E-state index in [2.05, 4.69) is 15.6 Å². The van der Waals surface area contributed by atoms with E-state index in [4.69, 9.17) is 11.6 Å². The van der Waals surface area contributed by atoms with Gasteiger partial charge in [-0.05, 0) is 55.3 Å². The molecule has 3 aromatic rings. The largest absolute Gasteiger partial charge is 0.322 e. The third kappa shape index (κ3) is 4.71. The summed E-state index contributed by atoms with van der Waals surface area (Å²) in [6, 6.07) is 14.2. The summed E-state index contributed by atoms with van der Waals surface area (Å²) in [7, 11) is 0. The van der Waals surface area contributed by atoms with Crippen molar-refractivity contribution in [3.8, 4) is 0 Å². The summed E-state index contributed by atoms with van der Waals surface area (Å²) < 4.78 is 0.